The van der Waals surface area contributed by atoms with Gasteiger partial charge >= 0.3 is 0 Å². The molecule has 1 aliphatic rings. The molecule has 1 fully saturated rings. The van der Waals surface area contributed by atoms with E-state index in [1.54, 1.807) is 48.5 Å². The van der Waals surface area contributed by atoms with Gasteiger partial charge in [-0.15, -0.1) is 6.58 Å². The van der Waals surface area contributed by atoms with Crippen LogP contribution >= 0.6 is 0 Å². The van der Waals surface area contributed by atoms with Crippen molar-refractivity contribution in [2.75, 3.05) is 20.8 Å². The van der Waals surface area contributed by atoms with Crippen molar-refractivity contribution in [3.63, 3.8) is 0 Å². The minimum absolute atomic E-state index is 0.0153. The molecule has 6 heteroatoms. The van der Waals surface area contributed by atoms with E-state index in [0.717, 1.165) is 0 Å². The van der Waals surface area contributed by atoms with Crippen molar-refractivity contribution in [1.29, 1.82) is 0 Å². The van der Waals surface area contributed by atoms with Crippen molar-refractivity contribution in [3.05, 3.63) is 77.9 Å². The lowest BCUT2D eigenvalue weighted by Crippen LogP contribution is -2.29. The highest BCUT2D eigenvalue weighted by molar-refractivity contribution is 6.46. The fourth-order valence-corrected chi connectivity index (χ4v) is 3.33. The molecule has 0 aromatic heterocycles. The van der Waals surface area contributed by atoms with Crippen LogP contribution in [0.3, 0.4) is 0 Å². The zero-order chi connectivity index (χ0) is 20.3. The van der Waals surface area contributed by atoms with Crippen molar-refractivity contribution in [2.45, 2.75) is 6.04 Å². The average molecular weight is 379 g/mol. The van der Waals surface area contributed by atoms with Crippen LogP contribution in [0.1, 0.15) is 17.2 Å². The second-order valence-electron chi connectivity index (χ2n) is 6.21. The Kier molecular flexibility index (Phi) is 5.49. The van der Waals surface area contributed by atoms with E-state index in [-0.39, 0.29) is 17.9 Å². The van der Waals surface area contributed by atoms with Gasteiger partial charge in [-0.1, -0.05) is 36.4 Å². The van der Waals surface area contributed by atoms with Crippen molar-refractivity contribution >= 4 is 17.4 Å². The highest BCUT2D eigenvalue weighted by atomic mass is 16.5. The topological polar surface area (TPSA) is 76.1 Å². The van der Waals surface area contributed by atoms with Gasteiger partial charge < -0.3 is 19.5 Å². The molecule has 0 spiro atoms. The summed E-state index contributed by atoms with van der Waals surface area (Å²) < 4.78 is 10.7. The molecule has 6 nitrogen and oxygen atoms in total. The van der Waals surface area contributed by atoms with Crippen molar-refractivity contribution in [1.82, 2.24) is 4.90 Å². The number of hydrogen-bond donors (Lipinski definition) is 1. The second-order valence-corrected chi connectivity index (χ2v) is 6.21. The molecule has 0 unspecified atom stereocenters. The Morgan fingerprint density at radius 3 is 2.46 bits per heavy atom. The van der Waals surface area contributed by atoms with Crippen molar-refractivity contribution in [3.8, 4) is 11.5 Å². The van der Waals surface area contributed by atoms with Crippen LogP contribution in [-0.4, -0.2) is 42.5 Å². The maximum Gasteiger partial charge on any atom is 0.295 e. The molecule has 144 valence electrons. The Balaban J connectivity index is 2.25. The third-order valence-corrected chi connectivity index (χ3v) is 4.65. The van der Waals surface area contributed by atoms with E-state index in [1.165, 1.54) is 25.2 Å². The Morgan fingerprint density at radius 1 is 1.14 bits per heavy atom. The van der Waals surface area contributed by atoms with Crippen LogP contribution in [0, 0.1) is 0 Å². The summed E-state index contributed by atoms with van der Waals surface area (Å²) in [5.74, 6) is -0.650. The first-order chi connectivity index (χ1) is 13.5. The Hall–Kier alpha value is -3.54. The number of ketones is 1. The maximum atomic E-state index is 12.8. The molecule has 1 amide bonds. The largest absolute Gasteiger partial charge is 0.507 e. The quantitative estimate of drug-likeness (QED) is 0.361. The van der Waals surface area contributed by atoms with Gasteiger partial charge in [-0.3, -0.25) is 9.59 Å². The Bertz CT molecular complexity index is 949. The number of nitrogens with zero attached hydrogens (tertiary/aromatic N) is 1. The summed E-state index contributed by atoms with van der Waals surface area (Å²) in [5.41, 5.74) is 1.04. The third kappa shape index (κ3) is 3.24. The molecule has 1 heterocycles. The molecule has 0 saturated carbocycles. The number of amides is 1. The first-order valence-corrected chi connectivity index (χ1v) is 8.70. The number of ether oxygens (including phenoxy) is 2. The monoisotopic (exact) mass is 379 g/mol. The smallest absolute Gasteiger partial charge is 0.295 e. The van der Waals surface area contributed by atoms with Gasteiger partial charge in [0.25, 0.3) is 11.7 Å². The van der Waals surface area contributed by atoms with Crippen LogP contribution < -0.4 is 9.47 Å². The molecule has 1 aliphatic heterocycles. The van der Waals surface area contributed by atoms with Crippen LogP contribution in [0.5, 0.6) is 11.5 Å². The molecular weight excluding hydrogens is 358 g/mol. The number of hydrogen-bond acceptors (Lipinski definition) is 5. The van der Waals surface area contributed by atoms with Crippen LogP contribution in [0.15, 0.2) is 66.8 Å². The fraction of sp³-hybridized carbons (Fsp3) is 0.182. The summed E-state index contributed by atoms with van der Waals surface area (Å²) in [6.45, 7) is 3.82. The van der Waals surface area contributed by atoms with Crippen molar-refractivity contribution < 1.29 is 24.2 Å². The summed E-state index contributed by atoms with van der Waals surface area (Å²) >= 11 is 0. The van der Waals surface area contributed by atoms with E-state index >= 15 is 0 Å². The molecule has 0 bridgehead atoms. The first kappa shape index (κ1) is 19.2. The molecule has 3 rings (SSSR count). The lowest BCUT2D eigenvalue weighted by molar-refractivity contribution is -0.139. The summed E-state index contributed by atoms with van der Waals surface area (Å²) in [6.07, 6.45) is 1.54. The van der Waals surface area contributed by atoms with Gasteiger partial charge in [0, 0.05) is 23.7 Å². The molecule has 28 heavy (non-hydrogen) atoms. The number of likely N-dealkylation sites (tertiary alicyclic amines) is 1. The van der Waals surface area contributed by atoms with E-state index in [9.17, 15) is 14.7 Å². The van der Waals surface area contributed by atoms with Crippen LogP contribution in [0.25, 0.3) is 5.76 Å². The highest BCUT2D eigenvalue weighted by Gasteiger charge is 2.46. The van der Waals surface area contributed by atoms with Gasteiger partial charge in [0.2, 0.25) is 0 Å². The zero-order valence-electron chi connectivity index (χ0n) is 15.7. The molecule has 0 radical (unpaired) electrons. The number of carbonyl (C=O) groups excluding carboxylic acids is 2. The standard InChI is InChI=1S/C22H21NO5/c1-4-12-23-19(16-11-10-15(27-2)13-17(16)28-3)18(21(25)22(23)26)20(24)14-8-6-5-7-9-14/h4-11,13,19,24H,1,12H2,2-3H3/t19-/m0/s1. The predicted octanol–water partition coefficient (Wildman–Crippen LogP) is 3.31. The Morgan fingerprint density at radius 2 is 1.86 bits per heavy atom. The van der Waals surface area contributed by atoms with E-state index < -0.39 is 17.7 Å². The zero-order valence-corrected chi connectivity index (χ0v) is 15.7. The number of Topliss-reactive ketones (excluding diaryl/α,β-unsaturated/α-hetero) is 1. The summed E-state index contributed by atoms with van der Waals surface area (Å²) in [7, 11) is 3.03. The number of benzene rings is 2. The average Bonchev–Trinajstić information content (AvgIpc) is 2.98. The number of aliphatic hydroxyl groups excluding tert-OH is 1. The van der Waals surface area contributed by atoms with Crippen molar-refractivity contribution in [2.24, 2.45) is 0 Å². The third-order valence-electron chi connectivity index (χ3n) is 4.65. The van der Waals surface area contributed by atoms with Gasteiger partial charge in [-0.2, -0.15) is 0 Å². The second kappa shape index (κ2) is 8.00. The molecule has 2 aromatic rings. The summed E-state index contributed by atoms with van der Waals surface area (Å²) in [6, 6.07) is 13.0. The molecule has 2 aromatic carbocycles. The normalized spacial score (nSPS) is 18.2. The molecule has 0 aliphatic carbocycles. The van der Waals surface area contributed by atoms with Gasteiger partial charge in [0.1, 0.15) is 17.3 Å². The molecule has 1 N–H and O–H groups in total. The van der Waals surface area contributed by atoms with E-state index in [4.69, 9.17) is 9.47 Å². The van der Waals surface area contributed by atoms with E-state index in [0.29, 0.717) is 22.6 Å². The lowest BCUT2D eigenvalue weighted by Gasteiger charge is -2.25. The number of aliphatic hydroxyl groups is 1. The lowest BCUT2D eigenvalue weighted by atomic mass is 9.94. The summed E-state index contributed by atoms with van der Waals surface area (Å²) in [5, 5.41) is 10.9. The summed E-state index contributed by atoms with van der Waals surface area (Å²) in [4.78, 5) is 26.8. The van der Waals surface area contributed by atoms with E-state index in [1.807, 2.05) is 0 Å². The molecule has 1 saturated heterocycles. The number of rotatable bonds is 6. The molecular formula is C22H21NO5. The number of methoxy groups -OCH3 is 2. The minimum atomic E-state index is -0.806. The van der Waals surface area contributed by atoms with Gasteiger partial charge in [0.05, 0.1) is 25.8 Å². The van der Waals surface area contributed by atoms with Crippen LogP contribution in [-0.2, 0) is 9.59 Å². The molecule has 1 atom stereocenters. The Labute approximate surface area is 163 Å². The van der Waals surface area contributed by atoms with Crippen LogP contribution in [0.4, 0.5) is 0 Å². The first-order valence-electron chi connectivity index (χ1n) is 8.70. The van der Waals surface area contributed by atoms with Gasteiger partial charge in [0.15, 0.2) is 0 Å². The number of carbonyl (C=O) groups is 2. The predicted molar refractivity (Wildman–Crippen MR) is 105 cm³/mol. The highest BCUT2D eigenvalue weighted by Crippen LogP contribution is 2.43. The van der Waals surface area contributed by atoms with Gasteiger partial charge in [-0.25, -0.2) is 0 Å². The SMILES string of the molecule is C=CCN1C(=O)C(=O)C(=C(O)c2ccccc2)[C@@H]1c1ccc(OC)cc1OC. The maximum absolute atomic E-state index is 12.8. The van der Waals surface area contributed by atoms with E-state index in [2.05, 4.69) is 6.58 Å². The van der Waals surface area contributed by atoms with Crippen LogP contribution in [0.2, 0.25) is 0 Å². The minimum Gasteiger partial charge on any atom is -0.507 e. The van der Waals surface area contributed by atoms with Gasteiger partial charge in [-0.05, 0) is 12.1 Å². The fourth-order valence-electron chi connectivity index (χ4n) is 3.33.